The smallest absolute Gasteiger partial charge is 0.305 e. The predicted octanol–water partition coefficient (Wildman–Crippen LogP) is 5.94. The number of nitrogens with zero attached hydrogens (tertiary/aromatic N) is 5. The first-order chi connectivity index (χ1) is 15.5. The van der Waals surface area contributed by atoms with Crippen LogP contribution in [-0.4, -0.2) is 30.6 Å². The lowest BCUT2D eigenvalue weighted by Crippen LogP contribution is -2.15. The van der Waals surface area contributed by atoms with Gasteiger partial charge in [0.05, 0.1) is 36.6 Å². The normalized spacial score (nSPS) is 14.7. The van der Waals surface area contributed by atoms with E-state index in [0.29, 0.717) is 27.0 Å². The van der Waals surface area contributed by atoms with Crippen LogP contribution in [0.5, 0.6) is 0 Å². The van der Waals surface area contributed by atoms with Crippen LogP contribution in [0, 0.1) is 10.1 Å². The van der Waals surface area contributed by atoms with Crippen molar-refractivity contribution in [2.45, 2.75) is 38.1 Å². The molecule has 0 saturated heterocycles. The summed E-state index contributed by atoms with van der Waals surface area (Å²) in [5.74, 6) is 0.292. The number of halogens is 1. The van der Waals surface area contributed by atoms with Gasteiger partial charge in [-0.05, 0) is 31.0 Å². The number of aromatic nitrogens is 4. The van der Waals surface area contributed by atoms with Crippen LogP contribution in [0.3, 0.4) is 0 Å². The minimum absolute atomic E-state index is 0.0954. The summed E-state index contributed by atoms with van der Waals surface area (Å²) >= 11 is 8.28. The maximum Gasteiger partial charge on any atom is 0.324 e. The van der Waals surface area contributed by atoms with Gasteiger partial charge < -0.3 is 5.32 Å². The SMILES string of the molecule is O=C(Nc1nc(-c2ccc(Cl)s2)nc2c1cnn2C1CCCCC1)c1ccc([N+](=O)[O-])s1. The largest absolute Gasteiger partial charge is 0.324 e. The van der Waals surface area contributed by atoms with E-state index in [9.17, 15) is 14.9 Å². The van der Waals surface area contributed by atoms with Crippen LogP contribution >= 0.6 is 34.3 Å². The van der Waals surface area contributed by atoms with E-state index in [1.54, 1.807) is 12.3 Å². The van der Waals surface area contributed by atoms with E-state index >= 15 is 0 Å². The summed E-state index contributed by atoms with van der Waals surface area (Å²) in [7, 11) is 0. The number of carbonyl (C=O) groups is 1. The van der Waals surface area contributed by atoms with E-state index in [2.05, 4.69) is 15.4 Å². The quantitative estimate of drug-likeness (QED) is 0.274. The van der Waals surface area contributed by atoms with E-state index in [-0.39, 0.29) is 15.9 Å². The zero-order valence-corrected chi connectivity index (χ0v) is 19.0. The number of rotatable bonds is 5. The molecule has 1 saturated carbocycles. The molecule has 4 aromatic heterocycles. The fraction of sp³-hybridized carbons (Fsp3) is 0.300. The fourth-order valence-electron chi connectivity index (χ4n) is 3.88. The Hall–Kier alpha value is -2.89. The topological polar surface area (TPSA) is 116 Å². The van der Waals surface area contributed by atoms with Crippen molar-refractivity contribution in [3.63, 3.8) is 0 Å². The average Bonchev–Trinajstić information content (AvgIpc) is 3.53. The maximum atomic E-state index is 12.8. The molecule has 1 fully saturated rings. The minimum atomic E-state index is -0.517. The van der Waals surface area contributed by atoms with E-state index in [1.165, 1.54) is 29.9 Å². The third kappa shape index (κ3) is 3.98. The summed E-state index contributed by atoms with van der Waals surface area (Å²) in [4.78, 5) is 33.6. The van der Waals surface area contributed by atoms with Gasteiger partial charge in [-0.15, -0.1) is 11.3 Å². The molecule has 12 heteroatoms. The number of anilines is 1. The molecule has 9 nitrogen and oxygen atoms in total. The third-order valence-electron chi connectivity index (χ3n) is 5.40. The van der Waals surface area contributed by atoms with Crippen LogP contribution in [-0.2, 0) is 0 Å². The van der Waals surface area contributed by atoms with Crippen molar-refractivity contribution in [1.82, 2.24) is 19.7 Å². The number of nitro groups is 1. The molecule has 4 heterocycles. The highest BCUT2D eigenvalue weighted by Crippen LogP contribution is 2.35. The molecule has 1 aliphatic carbocycles. The van der Waals surface area contributed by atoms with Gasteiger partial charge in [-0.1, -0.05) is 42.2 Å². The number of amides is 1. The van der Waals surface area contributed by atoms with Crippen LogP contribution < -0.4 is 5.32 Å². The monoisotopic (exact) mass is 488 g/mol. The van der Waals surface area contributed by atoms with Gasteiger partial charge in [0.1, 0.15) is 5.82 Å². The van der Waals surface area contributed by atoms with Gasteiger partial charge in [0, 0.05) is 6.07 Å². The summed E-state index contributed by atoms with van der Waals surface area (Å²) < 4.78 is 2.54. The first-order valence-electron chi connectivity index (χ1n) is 10.1. The lowest BCUT2D eigenvalue weighted by molar-refractivity contribution is -0.380. The van der Waals surface area contributed by atoms with Crippen molar-refractivity contribution in [2.75, 3.05) is 5.32 Å². The van der Waals surface area contributed by atoms with Crippen LogP contribution in [0.15, 0.2) is 30.5 Å². The van der Waals surface area contributed by atoms with Crippen LogP contribution in [0.25, 0.3) is 21.7 Å². The number of fused-ring (bicyclic) bond motifs is 1. The summed E-state index contributed by atoms with van der Waals surface area (Å²) in [5.41, 5.74) is 0.652. The number of carbonyl (C=O) groups excluding carboxylic acids is 1. The molecule has 0 unspecified atom stereocenters. The average molecular weight is 489 g/mol. The molecule has 1 aliphatic rings. The second-order valence-corrected chi connectivity index (χ2v) is 10.2. The van der Waals surface area contributed by atoms with Crippen molar-refractivity contribution in [2.24, 2.45) is 0 Å². The minimum Gasteiger partial charge on any atom is -0.305 e. The molecule has 0 aromatic carbocycles. The molecule has 5 rings (SSSR count). The van der Waals surface area contributed by atoms with Crippen molar-refractivity contribution in [1.29, 1.82) is 0 Å². The van der Waals surface area contributed by atoms with Gasteiger partial charge in [0.25, 0.3) is 5.91 Å². The molecule has 1 N–H and O–H groups in total. The van der Waals surface area contributed by atoms with Crippen molar-refractivity contribution < 1.29 is 9.72 Å². The molecular weight excluding hydrogens is 472 g/mol. The fourth-order valence-corrected chi connectivity index (χ4v) is 5.57. The Labute approximate surface area is 195 Å². The Kier molecular flexibility index (Phi) is 5.62. The second-order valence-electron chi connectivity index (χ2n) is 7.47. The van der Waals surface area contributed by atoms with E-state index in [1.807, 2.05) is 10.7 Å². The maximum absolute atomic E-state index is 12.8. The van der Waals surface area contributed by atoms with Crippen molar-refractivity contribution >= 4 is 62.0 Å². The third-order valence-corrected chi connectivity index (χ3v) is 7.66. The van der Waals surface area contributed by atoms with Crippen LogP contribution in [0.4, 0.5) is 10.8 Å². The first-order valence-corrected chi connectivity index (χ1v) is 12.1. The van der Waals surface area contributed by atoms with Crippen molar-refractivity contribution in [3.8, 4) is 10.7 Å². The Morgan fingerprint density at radius 1 is 1.16 bits per heavy atom. The number of nitrogens with one attached hydrogen (secondary N) is 1. The van der Waals surface area contributed by atoms with Gasteiger partial charge in [0.15, 0.2) is 11.5 Å². The van der Waals surface area contributed by atoms with E-state index < -0.39 is 10.8 Å². The van der Waals surface area contributed by atoms with Gasteiger partial charge >= 0.3 is 5.00 Å². The summed E-state index contributed by atoms with van der Waals surface area (Å²) in [5, 5.41) is 18.9. The number of thiophene rings is 2. The molecule has 0 aliphatic heterocycles. The number of hydrogen-bond acceptors (Lipinski definition) is 8. The molecule has 164 valence electrons. The molecule has 4 aromatic rings. The van der Waals surface area contributed by atoms with E-state index in [0.717, 1.165) is 41.9 Å². The molecular formula is C20H17ClN6O3S2. The standard InChI is InChI=1S/C20H17ClN6O3S2/c21-15-8-6-13(31-15)18-23-17(25-20(28)14-7-9-16(32-14)27(29)30)12-10-22-26(19(12)24-18)11-4-2-1-3-5-11/h6-11H,1-5H2,(H,23,24,25,28). The highest BCUT2D eigenvalue weighted by atomic mass is 35.5. The molecule has 1 amide bonds. The van der Waals surface area contributed by atoms with Gasteiger partial charge in [-0.2, -0.15) is 5.10 Å². The Balaban J connectivity index is 1.57. The lowest BCUT2D eigenvalue weighted by atomic mass is 9.96. The number of hydrogen-bond donors (Lipinski definition) is 1. The van der Waals surface area contributed by atoms with Gasteiger partial charge in [-0.3, -0.25) is 14.9 Å². The zero-order valence-electron chi connectivity index (χ0n) is 16.7. The van der Waals surface area contributed by atoms with Crippen LogP contribution in [0.2, 0.25) is 4.34 Å². The summed E-state index contributed by atoms with van der Waals surface area (Å²) in [6.45, 7) is 0. The molecule has 0 bridgehead atoms. The van der Waals surface area contributed by atoms with Crippen LogP contribution in [0.1, 0.15) is 47.8 Å². The molecule has 0 atom stereocenters. The predicted molar refractivity (Wildman–Crippen MR) is 125 cm³/mol. The van der Waals surface area contributed by atoms with Gasteiger partial charge in [0.2, 0.25) is 0 Å². The van der Waals surface area contributed by atoms with Crippen molar-refractivity contribution in [3.05, 3.63) is 49.8 Å². The highest BCUT2D eigenvalue weighted by Gasteiger charge is 2.23. The Morgan fingerprint density at radius 3 is 2.66 bits per heavy atom. The molecule has 0 spiro atoms. The summed E-state index contributed by atoms with van der Waals surface area (Å²) in [6, 6.07) is 6.61. The Morgan fingerprint density at radius 2 is 1.97 bits per heavy atom. The van der Waals surface area contributed by atoms with Gasteiger partial charge in [-0.25, -0.2) is 14.6 Å². The lowest BCUT2D eigenvalue weighted by Gasteiger charge is -2.22. The first kappa shape index (κ1) is 21.0. The van der Waals surface area contributed by atoms with E-state index in [4.69, 9.17) is 16.6 Å². The highest BCUT2D eigenvalue weighted by molar-refractivity contribution is 7.19. The summed E-state index contributed by atoms with van der Waals surface area (Å²) in [6.07, 6.45) is 7.24. The Bertz CT molecular complexity index is 1320. The molecule has 32 heavy (non-hydrogen) atoms. The zero-order chi connectivity index (χ0) is 22.2. The second kappa shape index (κ2) is 8.57. The molecule has 0 radical (unpaired) electrons.